The average molecular weight is 447 g/mol. The molecule has 1 spiro atoms. The van der Waals surface area contributed by atoms with Crippen molar-refractivity contribution in [2.24, 2.45) is 5.18 Å². The third-order valence-electron chi connectivity index (χ3n) is 5.88. The van der Waals surface area contributed by atoms with Crippen molar-refractivity contribution in [2.75, 3.05) is 23.3 Å². The molecule has 0 saturated carbocycles. The average Bonchev–Trinajstić information content (AvgIpc) is 3.09. The quantitative estimate of drug-likeness (QED) is 0.682. The van der Waals surface area contributed by atoms with Crippen molar-refractivity contribution < 1.29 is 22.8 Å². The first kappa shape index (κ1) is 21.6. The maximum absolute atomic E-state index is 12.9. The van der Waals surface area contributed by atoms with Crippen LogP contribution in [0.3, 0.4) is 0 Å². The molecule has 8 nitrogen and oxygen atoms in total. The topological polar surface area (TPSA) is 94.1 Å². The molecule has 2 N–H and O–H groups in total. The fraction of sp³-hybridized carbons (Fsp3) is 0.333. The molecule has 0 aliphatic carbocycles. The van der Waals surface area contributed by atoms with Crippen molar-refractivity contribution in [1.29, 1.82) is 0 Å². The highest BCUT2D eigenvalue weighted by molar-refractivity contribution is 5.94. The highest BCUT2D eigenvalue weighted by atomic mass is 19.4. The Labute approximate surface area is 181 Å². The Morgan fingerprint density at radius 3 is 2.22 bits per heavy atom. The van der Waals surface area contributed by atoms with E-state index in [-0.39, 0.29) is 18.0 Å². The SMILES string of the molecule is O=Nc1ccc(N2CCC3(CC2)CC(=O)NN3C(=O)Nc2ccc(C(F)(F)F)cc2)cc1. The van der Waals surface area contributed by atoms with E-state index in [0.29, 0.717) is 31.6 Å². The first-order valence-corrected chi connectivity index (χ1v) is 9.97. The van der Waals surface area contributed by atoms with Gasteiger partial charge in [-0.05, 0) is 66.5 Å². The normalized spacial score (nSPS) is 17.9. The van der Waals surface area contributed by atoms with Gasteiger partial charge in [-0.15, -0.1) is 4.91 Å². The van der Waals surface area contributed by atoms with E-state index in [4.69, 9.17) is 0 Å². The Morgan fingerprint density at radius 1 is 1.03 bits per heavy atom. The van der Waals surface area contributed by atoms with Crippen molar-refractivity contribution >= 4 is 29.0 Å². The zero-order chi connectivity index (χ0) is 22.9. The molecule has 0 atom stereocenters. The van der Waals surface area contributed by atoms with Gasteiger partial charge in [0, 0.05) is 24.5 Å². The number of benzene rings is 2. The number of piperidine rings is 1. The number of rotatable bonds is 3. The van der Waals surface area contributed by atoms with Gasteiger partial charge in [0.1, 0.15) is 5.69 Å². The molecule has 3 amide bonds. The molecule has 0 radical (unpaired) electrons. The lowest BCUT2D eigenvalue weighted by Gasteiger charge is -2.43. The van der Waals surface area contributed by atoms with Crippen LogP contribution in [-0.4, -0.2) is 35.6 Å². The first-order valence-electron chi connectivity index (χ1n) is 9.97. The van der Waals surface area contributed by atoms with Crippen molar-refractivity contribution in [2.45, 2.75) is 31.0 Å². The van der Waals surface area contributed by atoms with E-state index < -0.39 is 23.3 Å². The third kappa shape index (κ3) is 4.23. The second-order valence-electron chi connectivity index (χ2n) is 7.87. The van der Waals surface area contributed by atoms with Crippen LogP contribution in [0.5, 0.6) is 0 Å². The maximum Gasteiger partial charge on any atom is 0.416 e. The molecule has 2 heterocycles. The second kappa shape index (κ2) is 8.13. The number of halogens is 3. The van der Waals surface area contributed by atoms with Crippen molar-refractivity contribution in [3.63, 3.8) is 0 Å². The summed E-state index contributed by atoms with van der Waals surface area (Å²) < 4.78 is 38.2. The number of hydrogen-bond acceptors (Lipinski definition) is 5. The number of nitrogens with one attached hydrogen (secondary N) is 2. The van der Waals surface area contributed by atoms with E-state index in [1.807, 2.05) is 0 Å². The fourth-order valence-corrected chi connectivity index (χ4v) is 4.15. The van der Waals surface area contributed by atoms with Gasteiger partial charge in [0.15, 0.2) is 0 Å². The third-order valence-corrected chi connectivity index (χ3v) is 5.88. The number of nitrogens with zero attached hydrogens (tertiary/aromatic N) is 3. The van der Waals surface area contributed by atoms with Crippen LogP contribution in [0, 0.1) is 4.91 Å². The number of hydrogen-bond donors (Lipinski definition) is 2. The summed E-state index contributed by atoms with van der Waals surface area (Å²) in [5, 5.41) is 6.71. The van der Waals surface area contributed by atoms with E-state index in [1.54, 1.807) is 24.3 Å². The van der Waals surface area contributed by atoms with Crippen LogP contribution >= 0.6 is 0 Å². The zero-order valence-electron chi connectivity index (χ0n) is 16.9. The molecule has 2 fully saturated rings. The van der Waals surface area contributed by atoms with Crippen molar-refractivity contribution in [1.82, 2.24) is 10.4 Å². The molecule has 2 aliphatic rings. The van der Waals surface area contributed by atoms with Gasteiger partial charge in [0.25, 0.3) is 0 Å². The molecular weight excluding hydrogens is 427 g/mol. The lowest BCUT2D eigenvalue weighted by molar-refractivity contribution is -0.137. The van der Waals surface area contributed by atoms with Crippen molar-refractivity contribution in [3.05, 3.63) is 59.0 Å². The smallest absolute Gasteiger partial charge is 0.371 e. The number of hydrazine groups is 1. The van der Waals surface area contributed by atoms with E-state index in [1.165, 1.54) is 17.1 Å². The molecule has 2 aromatic carbocycles. The van der Waals surface area contributed by atoms with Gasteiger partial charge in [-0.2, -0.15) is 13.2 Å². The minimum Gasteiger partial charge on any atom is -0.371 e. The molecule has 0 aromatic heterocycles. The number of urea groups is 1. The Bertz CT molecular complexity index is 1020. The lowest BCUT2D eigenvalue weighted by Crippen LogP contribution is -2.58. The summed E-state index contributed by atoms with van der Waals surface area (Å²) in [6.07, 6.45) is -3.29. The van der Waals surface area contributed by atoms with E-state index >= 15 is 0 Å². The summed E-state index contributed by atoms with van der Waals surface area (Å²) in [6, 6.07) is 10.3. The zero-order valence-corrected chi connectivity index (χ0v) is 16.9. The number of carbonyl (C=O) groups is 2. The predicted octanol–water partition coefficient (Wildman–Crippen LogP) is 4.41. The van der Waals surface area contributed by atoms with E-state index in [9.17, 15) is 27.7 Å². The summed E-state index contributed by atoms with van der Waals surface area (Å²) >= 11 is 0. The van der Waals surface area contributed by atoms with Crippen LogP contribution in [0.2, 0.25) is 0 Å². The number of carbonyl (C=O) groups excluding carboxylic acids is 2. The summed E-state index contributed by atoms with van der Waals surface area (Å²) in [5.74, 6) is -0.289. The second-order valence-corrected chi connectivity index (χ2v) is 7.87. The molecular formula is C21H20F3N5O3. The highest BCUT2D eigenvalue weighted by Crippen LogP contribution is 2.37. The number of alkyl halides is 3. The molecule has 0 unspecified atom stereocenters. The van der Waals surface area contributed by atoms with E-state index in [2.05, 4.69) is 20.8 Å². The van der Waals surface area contributed by atoms with Crippen molar-refractivity contribution in [3.8, 4) is 0 Å². The van der Waals surface area contributed by atoms with Gasteiger partial charge >= 0.3 is 12.2 Å². The molecule has 32 heavy (non-hydrogen) atoms. The molecule has 0 bridgehead atoms. The largest absolute Gasteiger partial charge is 0.416 e. The monoisotopic (exact) mass is 447 g/mol. The Balaban J connectivity index is 1.44. The molecule has 2 aliphatic heterocycles. The fourth-order valence-electron chi connectivity index (χ4n) is 4.15. The minimum absolute atomic E-state index is 0.148. The standard InChI is InChI=1S/C21H20F3N5O3/c22-21(23,24)14-1-3-15(4-2-14)25-19(31)29-20(13-18(30)26-29)9-11-28(12-10-20)17-7-5-16(27-32)6-8-17/h1-8H,9-13H2,(H,25,31)(H,26,30). The highest BCUT2D eigenvalue weighted by Gasteiger charge is 2.49. The van der Waals surface area contributed by atoms with E-state index in [0.717, 1.165) is 17.8 Å². The van der Waals surface area contributed by atoms with Crippen LogP contribution in [-0.2, 0) is 11.0 Å². The molecule has 2 saturated heterocycles. The summed E-state index contributed by atoms with van der Waals surface area (Å²) in [5.41, 5.74) is 2.47. The van der Waals surface area contributed by atoms with Crippen LogP contribution in [0.15, 0.2) is 53.7 Å². The van der Waals surface area contributed by atoms with Gasteiger partial charge < -0.3 is 10.2 Å². The molecule has 168 valence electrons. The number of nitroso groups, excluding NO2 is 1. The van der Waals surface area contributed by atoms with Crippen LogP contribution in [0.1, 0.15) is 24.8 Å². The van der Waals surface area contributed by atoms with Gasteiger partial charge in [-0.3, -0.25) is 10.2 Å². The maximum atomic E-state index is 12.9. The number of amides is 3. The Hall–Kier alpha value is -3.63. The van der Waals surface area contributed by atoms with Gasteiger partial charge in [0.2, 0.25) is 5.91 Å². The summed E-state index contributed by atoms with van der Waals surface area (Å²) in [4.78, 5) is 37.7. The summed E-state index contributed by atoms with van der Waals surface area (Å²) in [7, 11) is 0. The van der Waals surface area contributed by atoms with Crippen LogP contribution in [0.25, 0.3) is 0 Å². The Morgan fingerprint density at radius 2 is 1.66 bits per heavy atom. The Kier molecular flexibility index (Phi) is 5.49. The van der Waals surface area contributed by atoms with Gasteiger partial charge in [0.05, 0.1) is 17.5 Å². The summed E-state index contributed by atoms with van der Waals surface area (Å²) in [6.45, 7) is 1.15. The molecule has 4 rings (SSSR count). The molecule has 11 heteroatoms. The van der Waals surface area contributed by atoms with Gasteiger partial charge in [-0.25, -0.2) is 9.80 Å². The first-order chi connectivity index (χ1) is 15.2. The lowest BCUT2D eigenvalue weighted by atomic mass is 9.84. The number of anilines is 2. The minimum atomic E-state index is -4.46. The molecule has 2 aromatic rings. The van der Waals surface area contributed by atoms with Gasteiger partial charge in [-0.1, -0.05) is 0 Å². The van der Waals surface area contributed by atoms with Crippen LogP contribution < -0.4 is 15.6 Å². The van der Waals surface area contributed by atoms with Crippen LogP contribution in [0.4, 0.5) is 35.0 Å². The predicted molar refractivity (Wildman–Crippen MR) is 111 cm³/mol.